The fourth-order valence-corrected chi connectivity index (χ4v) is 2.74. The van der Waals surface area contributed by atoms with Crippen LogP contribution >= 0.6 is 11.6 Å². The van der Waals surface area contributed by atoms with Crippen molar-refractivity contribution in [3.05, 3.63) is 52.6 Å². The number of aromatic nitrogens is 2. The van der Waals surface area contributed by atoms with Gasteiger partial charge in [-0.3, -0.25) is 9.59 Å². The summed E-state index contributed by atoms with van der Waals surface area (Å²) in [4.78, 5) is 32.7. The van der Waals surface area contributed by atoms with Crippen molar-refractivity contribution in [1.29, 1.82) is 0 Å². The summed E-state index contributed by atoms with van der Waals surface area (Å²) in [5.41, 5.74) is 1.78. The molecule has 23 heavy (non-hydrogen) atoms. The quantitative estimate of drug-likeness (QED) is 0.873. The number of Topliss-reactive ketones (excluding diaryl/α,β-unsaturated/α-hetero) is 1. The van der Waals surface area contributed by atoms with Crippen LogP contribution in [0.3, 0.4) is 0 Å². The summed E-state index contributed by atoms with van der Waals surface area (Å²) >= 11 is 5.96. The second-order valence-corrected chi connectivity index (χ2v) is 6.18. The van der Waals surface area contributed by atoms with E-state index in [0.717, 1.165) is 5.69 Å². The van der Waals surface area contributed by atoms with Gasteiger partial charge in [0.05, 0.1) is 5.69 Å². The average Bonchev–Trinajstić information content (AvgIpc) is 3.27. The minimum atomic E-state index is -0.171. The Morgan fingerprint density at radius 3 is 2.78 bits per heavy atom. The molecule has 0 aliphatic heterocycles. The molecule has 1 aliphatic carbocycles. The summed E-state index contributed by atoms with van der Waals surface area (Å²) in [5.74, 6) is 0.310. The number of nitrogens with zero attached hydrogens (tertiary/aromatic N) is 2. The molecule has 5 nitrogen and oxygen atoms in total. The molecule has 0 saturated heterocycles. The molecule has 1 amide bonds. The second-order valence-electron chi connectivity index (χ2n) is 5.74. The fourth-order valence-electron chi connectivity index (χ4n) is 2.57. The molecule has 0 bridgehead atoms. The van der Waals surface area contributed by atoms with Gasteiger partial charge in [0.25, 0.3) is 0 Å². The van der Waals surface area contributed by atoms with Crippen molar-refractivity contribution < 1.29 is 9.59 Å². The van der Waals surface area contributed by atoms with Crippen molar-refractivity contribution in [2.45, 2.75) is 26.2 Å². The van der Waals surface area contributed by atoms with Crippen LogP contribution in [0.4, 0.5) is 5.69 Å². The lowest BCUT2D eigenvalue weighted by molar-refractivity contribution is -0.117. The van der Waals surface area contributed by atoms with E-state index in [2.05, 4.69) is 15.3 Å². The minimum Gasteiger partial charge on any atom is -0.325 e. The summed E-state index contributed by atoms with van der Waals surface area (Å²) in [6.07, 6.45) is 2.42. The SMILES string of the molecule is CC(=O)c1ccc(Cl)cc1NC(=O)[C@H]1C[C@@H]1c1nccc(C)n1. The summed E-state index contributed by atoms with van der Waals surface area (Å²) < 4.78 is 0. The van der Waals surface area contributed by atoms with Gasteiger partial charge in [-0.15, -0.1) is 0 Å². The van der Waals surface area contributed by atoms with Crippen LogP contribution in [-0.4, -0.2) is 21.7 Å². The van der Waals surface area contributed by atoms with Crippen LogP contribution in [0.5, 0.6) is 0 Å². The molecule has 0 spiro atoms. The highest BCUT2D eigenvalue weighted by Crippen LogP contribution is 2.46. The topological polar surface area (TPSA) is 72.0 Å². The van der Waals surface area contributed by atoms with Gasteiger partial charge >= 0.3 is 0 Å². The van der Waals surface area contributed by atoms with Crippen molar-refractivity contribution in [3.63, 3.8) is 0 Å². The van der Waals surface area contributed by atoms with Crippen molar-refractivity contribution in [3.8, 4) is 0 Å². The lowest BCUT2D eigenvalue weighted by Crippen LogP contribution is -2.17. The first-order valence-corrected chi connectivity index (χ1v) is 7.74. The molecule has 0 radical (unpaired) electrons. The summed E-state index contributed by atoms with van der Waals surface area (Å²) in [6.45, 7) is 3.35. The number of hydrogen-bond acceptors (Lipinski definition) is 4. The third-order valence-corrected chi connectivity index (χ3v) is 4.13. The summed E-state index contributed by atoms with van der Waals surface area (Å²) in [5, 5.41) is 3.28. The number of rotatable bonds is 4. The van der Waals surface area contributed by atoms with E-state index in [1.165, 1.54) is 6.92 Å². The first kappa shape index (κ1) is 15.6. The molecule has 1 fully saturated rings. The first-order chi connectivity index (χ1) is 11.0. The molecule has 2 aromatic rings. The highest BCUT2D eigenvalue weighted by molar-refractivity contribution is 6.31. The molecule has 3 rings (SSSR count). The molecular formula is C17H16ClN3O2. The molecule has 1 heterocycles. The highest BCUT2D eigenvalue weighted by atomic mass is 35.5. The van der Waals surface area contributed by atoms with E-state index >= 15 is 0 Å². The van der Waals surface area contributed by atoms with Gasteiger partial charge in [-0.05, 0) is 44.5 Å². The molecule has 1 aromatic carbocycles. The highest BCUT2D eigenvalue weighted by Gasteiger charge is 2.46. The normalized spacial score (nSPS) is 19.3. The molecular weight excluding hydrogens is 314 g/mol. The third-order valence-electron chi connectivity index (χ3n) is 3.89. The van der Waals surface area contributed by atoms with Gasteiger partial charge in [0.2, 0.25) is 5.91 Å². The largest absolute Gasteiger partial charge is 0.325 e. The maximum Gasteiger partial charge on any atom is 0.228 e. The van der Waals surface area contributed by atoms with Gasteiger partial charge in [-0.25, -0.2) is 9.97 Å². The minimum absolute atomic E-state index is 0.0369. The van der Waals surface area contributed by atoms with E-state index in [1.807, 2.05) is 13.0 Å². The van der Waals surface area contributed by atoms with Crippen molar-refractivity contribution in [2.75, 3.05) is 5.32 Å². The number of aryl methyl sites for hydroxylation is 1. The van der Waals surface area contributed by atoms with Crippen LogP contribution < -0.4 is 5.32 Å². The molecule has 6 heteroatoms. The number of nitrogens with one attached hydrogen (secondary N) is 1. The number of hydrogen-bond donors (Lipinski definition) is 1. The number of amides is 1. The zero-order valence-corrected chi connectivity index (χ0v) is 13.6. The molecule has 1 N–H and O–H groups in total. The van der Waals surface area contributed by atoms with Gasteiger partial charge in [-0.1, -0.05) is 11.6 Å². The van der Waals surface area contributed by atoms with Gasteiger partial charge in [-0.2, -0.15) is 0 Å². The Morgan fingerprint density at radius 2 is 2.09 bits per heavy atom. The lowest BCUT2D eigenvalue weighted by Gasteiger charge is -2.09. The lowest BCUT2D eigenvalue weighted by atomic mass is 10.1. The maximum atomic E-state index is 12.4. The number of ketones is 1. The van der Waals surface area contributed by atoms with Crippen molar-refractivity contribution >= 4 is 29.0 Å². The Labute approximate surface area is 139 Å². The standard InChI is InChI=1S/C17H16ClN3O2/c1-9-5-6-19-16(20-9)13-8-14(13)17(23)21-15-7-11(18)3-4-12(15)10(2)22/h3-7,13-14H,8H2,1-2H3,(H,21,23)/t13-,14-/m0/s1. The Kier molecular flexibility index (Phi) is 4.13. The zero-order chi connectivity index (χ0) is 16.6. The van der Waals surface area contributed by atoms with E-state index in [9.17, 15) is 9.59 Å². The van der Waals surface area contributed by atoms with E-state index < -0.39 is 0 Å². The maximum absolute atomic E-state index is 12.4. The van der Waals surface area contributed by atoms with Crippen LogP contribution in [-0.2, 0) is 4.79 Å². The average molecular weight is 330 g/mol. The van der Waals surface area contributed by atoms with Crippen LogP contribution in [0, 0.1) is 12.8 Å². The summed E-state index contributed by atoms with van der Waals surface area (Å²) in [6, 6.07) is 6.67. The third kappa shape index (κ3) is 3.40. The van der Waals surface area contributed by atoms with Crippen molar-refractivity contribution in [2.24, 2.45) is 5.92 Å². The molecule has 2 atom stereocenters. The van der Waals surface area contributed by atoms with Gasteiger partial charge in [0.1, 0.15) is 5.82 Å². The van der Waals surface area contributed by atoms with Crippen LogP contribution in [0.25, 0.3) is 0 Å². The molecule has 1 saturated carbocycles. The number of halogens is 1. The zero-order valence-electron chi connectivity index (χ0n) is 12.8. The monoisotopic (exact) mass is 329 g/mol. The van der Waals surface area contributed by atoms with Crippen LogP contribution in [0.15, 0.2) is 30.5 Å². The number of carbonyl (C=O) groups excluding carboxylic acids is 2. The molecule has 0 unspecified atom stereocenters. The van der Waals surface area contributed by atoms with E-state index in [4.69, 9.17) is 11.6 Å². The van der Waals surface area contributed by atoms with Gasteiger partial charge in [0.15, 0.2) is 5.78 Å². The molecule has 1 aromatic heterocycles. The smallest absolute Gasteiger partial charge is 0.228 e. The van der Waals surface area contributed by atoms with Crippen LogP contribution in [0.2, 0.25) is 5.02 Å². The predicted molar refractivity (Wildman–Crippen MR) is 87.7 cm³/mol. The number of anilines is 1. The van der Waals surface area contributed by atoms with E-state index in [-0.39, 0.29) is 23.5 Å². The van der Waals surface area contributed by atoms with E-state index in [0.29, 0.717) is 28.5 Å². The Hall–Kier alpha value is -2.27. The van der Waals surface area contributed by atoms with Crippen LogP contribution in [0.1, 0.15) is 41.1 Å². The van der Waals surface area contributed by atoms with Gasteiger partial charge in [0, 0.05) is 34.3 Å². The Bertz CT molecular complexity index is 791. The Balaban J connectivity index is 1.74. The van der Waals surface area contributed by atoms with Crippen molar-refractivity contribution in [1.82, 2.24) is 9.97 Å². The fraction of sp³-hybridized carbons (Fsp3) is 0.294. The molecule has 1 aliphatic rings. The van der Waals surface area contributed by atoms with Gasteiger partial charge < -0.3 is 5.32 Å². The number of benzene rings is 1. The second kappa shape index (κ2) is 6.08. The summed E-state index contributed by atoms with van der Waals surface area (Å²) in [7, 11) is 0. The predicted octanol–water partition coefficient (Wildman–Crippen LogP) is 3.38. The number of carbonyl (C=O) groups is 2. The van der Waals surface area contributed by atoms with E-state index in [1.54, 1.807) is 24.4 Å². The molecule has 118 valence electrons. The first-order valence-electron chi connectivity index (χ1n) is 7.36. The Morgan fingerprint density at radius 1 is 1.30 bits per heavy atom.